The Morgan fingerprint density at radius 1 is 1.11 bits per heavy atom. The molecule has 2 aromatic carbocycles. The first-order valence-electron chi connectivity index (χ1n) is 8.22. The van der Waals surface area contributed by atoms with Crippen LogP contribution in [0.3, 0.4) is 0 Å². The molecule has 0 aromatic heterocycles. The molecule has 1 atom stereocenters. The summed E-state index contributed by atoms with van der Waals surface area (Å²) >= 11 is 0. The van der Waals surface area contributed by atoms with Crippen molar-refractivity contribution in [3.8, 4) is 0 Å². The minimum Gasteiger partial charge on any atom is -0.351 e. The summed E-state index contributed by atoms with van der Waals surface area (Å²) in [5, 5.41) is 2.48. The molecule has 0 unspecified atom stereocenters. The highest BCUT2D eigenvalue weighted by molar-refractivity contribution is 5.93. The van der Waals surface area contributed by atoms with Gasteiger partial charge in [0.1, 0.15) is 17.7 Å². The number of alkyl halides is 2. The second kappa shape index (κ2) is 7.38. The SMILES string of the molecule is O=CN(c1cc(F)cc(F)c1)[C@H](C(=O)NC1CC(F)(F)C1)c1ccccc1. The van der Waals surface area contributed by atoms with Crippen LogP contribution in [0.4, 0.5) is 23.2 Å². The van der Waals surface area contributed by atoms with Gasteiger partial charge in [0.2, 0.25) is 12.3 Å². The third kappa shape index (κ3) is 4.27. The largest absolute Gasteiger partial charge is 0.351 e. The topological polar surface area (TPSA) is 49.4 Å². The number of rotatable bonds is 6. The van der Waals surface area contributed by atoms with Gasteiger partial charge in [0, 0.05) is 24.9 Å². The van der Waals surface area contributed by atoms with E-state index in [1.807, 2.05) is 0 Å². The van der Waals surface area contributed by atoms with Crippen LogP contribution in [0.5, 0.6) is 0 Å². The van der Waals surface area contributed by atoms with E-state index in [0.29, 0.717) is 11.6 Å². The number of nitrogens with one attached hydrogen (secondary N) is 1. The smallest absolute Gasteiger partial charge is 0.252 e. The van der Waals surface area contributed by atoms with Crippen LogP contribution in [0.25, 0.3) is 0 Å². The monoisotopic (exact) mass is 380 g/mol. The summed E-state index contributed by atoms with van der Waals surface area (Å²) in [6, 6.07) is 8.55. The molecule has 4 nitrogen and oxygen atoms in total. The summed E-state index contributed by atoms with van der Waals surface area (Å²) in [5.74, 6) is -5.36. The highest BCUT2D eigenvalue weighted by Crippen LogP contribution is 2.38. The number of carbonyl (C=O) groups is 2. The van der Waals surface area contributed by atoms with Crippen LogP contribution in [0.1, 0.15) is 24.4 Å². The fourth-order valence-electron chi connectivity index (χ4n) is 3.08. The molecule has 1 N–H and O–H groups in total. The van der Waals surface area contributed by atoms with Crippen LogP contribution in [-0.2, 0) is 9.59 Å². The molecule has 2 amide bonds. The van der Waals surface area contributed by atoms with Crippen molar-refractivity contribution in [1.29, 1.82) is 0 Å². The predicted molar refractivity (Wildman–Crippen MR) is 90.2 cm³/mol. The maximum absolute atomic E-state index is 13.6. The van der Waals surface area contributed by atoms with E-state index in [1.54, 1.807) is 30.3 Å². The fourth-order valence-corrected chi connectivity index (χ4v) is 3.08. The van der Waals surface area contributed by atoms with Crippen LogP contribution in [0, 0.1) is 11.6 Å². The second-order valence-corrected chi connectivity index (χ2v) is 6.42. The van der Waals surface area contributed by atoms with E-state index in [-0.39, 0.29) is 12.1 Å². The second-order valence-electron chi connectivity index (χ2n) is 6.42. The van der Waals surface area contributed by atoms with Crippen molar-refractivity contribution in [3.05, 3.63) is 65.7 Å². The van der Waals surface area contributed by atoms with E-state index in [1.165, 1.54) is 0 Å². The van der Waals surface area contributed by atoms with Crippen molar-refractivity contribution < 1.29 is 27.2 Å². The minimum absolute atomic E-state index is 0.162. The van der Waals surface area contributed by atoms with Crippen LogP contribution in [-0.4, -0.2) is 24.3 Å². The first kappa shape index (κ1) is 18.9. The summed E-state index contributed by atoms with van der Waals surface area (Å²) in [7, 11) is 0. The van der Waals surface area contributed by atoms with Crippen molar-refractivity contribution in [2.45, 2.75) is 30.8 Å². The van der Waals surface area contributed by atoms with E-state index in [2.05, 4.69) is 5.32 Å². The number of carbonyl (C=O) groups excluding carboxylic acids is 2. The van der Waals surface area contributed by atoms with Gasteiger partial charge < -0.3 is 5.32 Å². The van der Waals surface area contributed by atoms with Crippen LogP contribution in [0.2, 0.25) is 0 Å². The normalized spacial score (nSPS) is 16.9. The van der Waals surface area contributed by atoms with Crippen LogP contribution >= 0.6 is 0 Å². The van der Waals surface area contributed by atoms with Crippen molar-refractivity contribution in [2.75, 3.05) is 4.90 Å². The van der Waals surface area contributed by atoms with Gasteiger partial charge in [-0.2, -0.15) is 0 Å². The number of anilines is 1. The predicted octanol–water partition coefficient (Wildman–Crippen LogP) is 3.58. The Morgan fingerprint density at radius 3 is 2.22 bits per heavy atom. The van der Waals surface area contributed by atoms with Gasteiger partial charge in [0.15, 0.2) is 0 Å². The van der Waals surface area contributed by atoms with Gasteiger partial charge in [-0.3, -0.25) is 14.5 Å². The van der Waals surface area contributed by atoms with Gasteiger partial charge in [-0.05, 0) is 17.7 Å². The zero-order valence-electron chi connectivity index (χ0n) is 14.0. The molecule has 0 saturated heterocycles. The molecule has 1 aliphatic carbocycles. The molecule has 27 heavy (non-hydrogen) atoms. The zero-order valence-corrected chi connectivity index (χ0v) is 14.0. The Kier molecular flexibility index (Phi) is 5.16. The molecule has 8 heteroatoms. The molecule has 142 valence electrons. The third-order valence-corrected chi connectivity index (χ3v) is 4.34. The summed E-state index contributed by atoms with van der Waals surface area (Å²) in [4.78, 5) is 25.3. The molecular weight excluding hydrogens is 364 g/mol. The van der Waals surface area contributed by atoms with Gasteiger partial charge in [0.05, 0.1) is 5.69 Å². The van der Waals surface area contributed by atoms with Gasteiger partial charge in [-0.1, -0.05) is 30.3 Å². The van der Waals surface area contributed by atoms with Crippen molar-refractivity contribution in [1.82, 2.24) is 5.32 Å². The van der Waals surface area contributed by atoms with Crippen molar-refractivity contribution in [3.63, 3.8) is 0 Å². The number of amides is 2. The highest BCUT2D eigenvalue weighted by atomic mass is 19.3. The quantitative estimate of drug-likeness (QED) is 0.615. The number of benzene rings is 2. The van der Waals surface area contributed by atoms with Crippen molar-refractivity contribution in [2.24, 2.45) is 0 Å². The lowest BCUT2D eigenvalue weighted by atomic mass is 9.88. The Bertz CT molecular complexity index is 817. The van der Waals surface area contributed by atoms with E-state index in [9.17, 15) is 27.2 Å². The summed E-state index contributed by atoms with van der Waals surface area (Å²) in [6.45, 7) is 0. The first-order valence-corrected chi connectivity index (χ1v) is 8.22. The molecule has 0 aliphatic heterocycles. The van der Waals surface area contributed by atoms with E-state index >= 15 is 0 Å². The average Bonchev–Trinajstić information content (AvgIpc) is 2.57. The van der Waals surface area contributed by atoms with Gasteiger partial charge in [-0.25, -0.2) is 17.6 Å². The lowest BCUT2D eigenvalue weighted by Gasteiger charge is -2.37. The summed E-state index contributed by atoms with van der Waals surface area (Å²) in [5.41, 5.74) is 0.211. The lowest BCUT2D eigenvalue weighted by molar-refractivity contribution is -0.131. The standard InChI is InChI=1S/C19H16F4N2O2/c20-13-6-14(21)8-16(7-13)25(11-26)17(12-4-2-1-3-5-12)18(27)24-15-9-19(22,23)10-15/h1-8,11,15,17H,9-10H2,(H,24,27)/t17-/m0/s1. The number of halogens is 4. The van der Waals surface area contributed by atoms with Crippen molar-refractivity contribution >= 4 is 18.0 Å². The number of hydrogen-bond acceptors (Lipinski definition) is 2. The molecule has 1 aliphatic rings. The Balaban J connectivity index is 1.93. The molecule has 1 saturated carbocycles. The number of hydrogen-bond donors (Lipinski definition) is 1. The molecule has 0 spiro atoms. The minimum atomic E-state index is -2.82. The average molecular weight is 380 g/mol. The maximum Gasteiger partial charge on any atom is 0.252 e. The summed E-state index contributed by atoms with van der Waals surface area (Å²) < 4.78 is 53.2. The fraction of sp³-hybridized carbons (Fsp3) is 0.263. The van der Waals surface area contributed by atoms with Gasteiger partial charge in [-0.15, -0.1) is 0 Å². The van der Waals surface area contributed by atoms with E-state index in [4.69, 9.17) is 0 Å². The zero-order chi connectivity index (χ0) is 19.6. The van der Waals surface area contributed by atoms with E-state index in [0.717, 1.165) is 17.0 Å². The lowest BCUT2D eigenvalue weighted by Crippen LogP contribution is -2.53. The van der Waals surface area contributed by atoms with Crippen LogP contribution in [0.15, 0.2) is 48.5 Å². The highest BCUT2D eigenvalue weighted by Gasteiger charge is 2.46. The molecule has 3 rings (SSSR count). The Morgan fingerprint density at radius 2 is 1.70 bits per heavy atom. The van der Waals surface area contributed by atoms with E-state index < -0.39 is 48.4 Å². The van der Waals surface area contributed by atoms with Gasteiger partial charge in [0.25, 0.3) is 5.92 Å². The molecular formula is C19H16F4N2O2. The maximum atomic E-state index is 13.6. The molecule has 0 radical (unpaired) electrons. The Hall–Kier alpha value is -2.90. The molecule has 0 bridgehead atoms. The number of nitrogens with zero attached hydrogens (tertiary/aromatic N) is 1. The van der Waals surface area contributed by atoms with Crippen LogP contribution < -0.4 is 10.2 Å². The van der Waals surface area contributed by atoms with Gasteiger partial charge >= 0.3 is 0 Å². The molecule has 1 fully saturated rings. The third-order valence-electron chi connectivity index (χ3n) is 4.34. The molecule has 2 aromatic rings. The first-order chi connectivity index (χ1) is 12.8. The molecule has 0 heterocycles. The Labute approximate surface area is 152 Å². The summed E-state index contributed by atoms with van der Waals surface area (Å²) in [6.07, 6.45) is -0.702.